The molecule has 1 aliphatic rings. The Balaban J connectivity index is 2.32. The lowest BCUT2D eigenvalue weighted by atomic mass is 9.98. The first kappa shape index (κ1) is 14.2. The van der Waals surface area contributed by atoms with Crippen molar-refractivity contribution >= 4 is 0 Å². The van der Waals surface area contributed by atoms with Gasteiger partial charge in [-0.25, -0.2) is 4.57 Å². The van der Waals surface area contributed by atoms with E-state index in [0.717, 1.165) is 12.2 Å². The molecule has 0 N–H and O–H groups in total. The molecule has 1 aromatic carbocycles. The Bertz CT molecular complexity index is 699. The van der Waals surface area contributed by atoms with E-state index in [1.165, 1.54) is 22.8 Å². The number of imidazole rings is 1. The van der Waals surface area contributed by atoms with E-state index in [1.54, 1.807) is 0 Å². The van der Waals surface area contributed by atoms with Crippen molar-refractivity contribution in [2.45, 2.75) is 46.8 Å². The molecule has 3 nitrogen and oxygen atoms in total. The maximum atomic E-state index is 6.46. The molecule has 0 aliphatic carbocycles. The van der Waals surface area contributed by atoms with Crippen LogP contribution in [0, 0.1) is 19.8 Å². The molecule has 21 heavy (non-hydrogen) atoms. The van der Waals surface area contributed by atoms with Gasteiger partial charge in [0.25, 0.3) is 11.5 Å². The summed E-state index contributed by atoms with van der Waals surface area (Å²) in [4.78, 5) is 0. The molecule has 0 saturated carbocycles. The minimum atomic E-state index is -0.325. The average Bonchev–Trinajstić information content (AvgIpc) is 2.64. The van der Waals surface area contributed by atoms with Crippen molar-refractivity contribution < 1.29 is 9.30 Å². The van der Waals surface area contributed by atoms with Crippen LogP contribution in [0.2, 0.25) is 0 Å². The highest BCUT2D eigenvalue weighted by molar-refractivity contribution is 5.65. The van der Waals surface area contributed by atoms with Gasteiger partial charge in [-0.3, -0.25) is 0 Å². The van der Waals surface area contributed by atoms with Gasteiger partial charge >= 0.3 is 0 Å². The number of benzene rings is 1. The van der Waals surface area contributed by atoms with Gasteiger partial charge in [-0.05, 0) is 18.1 Å². The third-order valence-corrected chi connectivity index (χ3v) is 4.61. The minimum Gasteiger partial charge on any atom is -0.449 e. The van der Waals surface area contributed by atoms with E-state index in [2.05, 4.69) is 69.0 Å². The zero-order chi connectivity index (χ0) is 15.4. The van der Waals surface area contributed by atoms with Gasteiger partial charge in [-0.1, -0.05) is 26.0 Å². The Hall–Kier alpha value is -1.77. The molecule has 1 aromatic heterocycles. The standard InChI is InChI=1S/C18H25N2O/c1-12(2)11-18(5)20-14(4)13(3)19(6)17(20)15-9-7-8-10-16(15)21-18/h7-10,12H,11H2,1-6H3/q+1. The second-order valence-corrected chi connectivity index (χ2v) is 6.76. The second kappa shape index (κ2) is 4.62. The first-order chi connectivity index (χ1) is 9.85. The predicted molar refractivity (Wildman–Crippen MR) is 84.2 cm³/mol. The van der Waals surface area contributed by atoms with Gasteiger partial charge in [0.1, 0.15) is 22.7 Å². The van der Waals surface area contributed by atoms with Crippen LogP contribution in [0.15, 0.2) is 24.3 Å². The van der Waals surface area contributed by atoms with Crippen molar-refractivity contribution in [1.82, 2.24) is 4.57 Å². The number of aromatic nitrogens is 2. The maximum Gasteiger partial charge on any atom is 0.296 e. The van der Waals surface area contributed by atoms with Gasteiger partial charge in [-0.2, -0.15) is 4.57 Å². The normalized spacial score (nSPS) is 20.1. The van der Waals surface area contributed by atoms with Crippen LogP contribution in [-0.4, -0.2) is 4.57 Å². The van der Waals surface area contributed by atoms with E-state index in [9.17, 15) is 0 Å². The molecule has 0 spiro atoms. The Morgan fingerprint density at radius 1 is 1.24 bits per heavy atom. The van der Waals surface area contributed by atoms with Gasteiger partial charge in [0.05, 0.1) is 7.05 Å². The van der Waals surface area contributed by atoms with Crippen molar-refractivity contribution in [3.63, 3.8) is 0 Å². The van der Waals surface area contributed by atoms with Crippen LogP contribution in [0.4, 0.5) is 0 Å². The average molecular weight is 285 g/mol. The highest BCUT2D eigenvalue weighted by Crippen LogP contribution is 2.43. The second-order valence-electron chi connectivity index (χ2n) is 6.76. The number of hydrogen-bond donors (Lipinski definition) is 0. The maximum absolute atomic E-state index is 6.46. The van der Waals surface area contributed by atoms with E-state index in [1.807, 2.05) is 6.07 Å². The van der Waals surface area contributed by atoms with Crippen LogP contribution in [0.5, 0.6) is 5.75 Å². The molecule has 1 atom stereocenters. The third kappa shape index (κ3) is 1.98. The van der Waals surface area contributed by atoms with E-state index in [0.29, 0.717) is 5.92 Å². The Kier molecular flexibility index (Phi) is 3.12. The van der Waals surface area contributed by atoms with Gasteiger partial charge in [0, 0.05) is 27.2 Å². The van der Waals surface area contributed by atoms with Crippen molar-refractivity contribution in [2.24, 2.45) is 13.0 Å². The zero-order valence-electron chi connectivity index (χ0n) is 13.9. The van der Waals surface area contributed by atoms with Gasteiger partial charge in [0.15, 0.2) is 0 Å². The molecule has 1 aliphatic heterocycles. The third-order valence-electron chi connectivity index (χ3n) is 4.61. The van der Waals surface area contributed by atoms with Gasteiger partial charge < -0.3 is 4.74 Å². The van der Waals surface area contributed by atoms with Crippen molar-refractivity contribution in [1.29, 1.82) is 0 Å². The van der Waals surface area contributed by atoms with Crippen LogP contribution in [0.3, 0.4) is 0 Å². The lowest BCUT2D eigenvalue weighted by molar-refractivity contribution is -0.666. The van der Waals surface area contributed by atoms with E-state index in [-0.39, 0.29) is 5.72 Å². The molecule has 3 heteroatoms. The first-order valence-electron chi connectivity index (χ1n) is 7.72. The summed E-state index contributed by atoms with van der Waals surface area (Å²) in [6, 6.07) is 8.35. The van der Waals surface area contributed by atoms with Gasteiger partial charge in [-0.15, -0.1) is 0 Å². The quantitative estimate of drug-likeness (QED) is 0.769. The molecule has 0 saturated heterocycles. The summed E-state index contributed by atoms with van der Waals surface area (Å²) >= 11 is 0. The van der Waals surface area contributed by atoms with E-state index in [4.69, 9.17) is 4.74 Å². The number of rotatable bonds is 2. The van der Waals surface area contributed by atoms with Crippen molar-refractivity contribution in [3.8, 4) is 17.1 Å². The van der Waals surface area contributed by atoms with Crippen LogP contribution in [0.1, 0.15) is 38.6 Å². The lowest BCUT2D eigenvalue weighted by Gasteiger charge is -2.34. The van der Waals surface area contributed by atoms with Crippen LogP contribution < -0.4 is 9.30 Å². The molecule has 0 radical (unpaired) electrons. The molecule has 0 amide bonds. The van der Waals surface area contributed by atoms with Crippen LogP contribution in [-0.2, 0) is 12.8 Å². The summed E-state index contributed by atoms with van der Waals surface area (Å²) < 4.78 is 11.1. The molecular formula is C18H25N2O+. The highest BCUT2D eigenvalue weighted by Gasteiger charge is 2.46. The number of ether oxygens (including phenoxy) is 1. The summed E-state index contributed by atoms with van der Waals surface area (Å²) in [6.45, 7) is 11.1. The molecule has 2 heterocycles. The largest absolute Gasteiger partial charge is 0.449 e. The molecule has 3 rings (SSSR count). The summed E-state index contributed by atoms with van der Waals surface area (Å²) in [5, 5.41) is 0. The number of nitrogens with zero attached hydrogens (tertiary/aromatic N) is 2. The number of fused-ring (bicyclic) bond motifs is 3. The monoisotopic (exact) mass is 285 g/mol. The molecule has 0 bridgehead atoms. The lowest BCUT2D eigenvalue weighted by Crippen LogP contribution is -2.44. The SMILES string of the molecule is Cc1c(C)[n+](C)c2n1C(C)(CC(C)C)Oc1ccccc1-2. The number of para-hydroxylation sites is 1. The highest BCUT2D eigenvalue weighted by atomic mass is 16.5. The molecule has 112 valence electrons. The Morgan fingerprint density at radius 3 is 2.57 bits per heavy atom. The van der Waals surface area contributed by atoms with E-state index < -0.39 is 0 Å². The van der Waals surface area contributed by atoms with Crippen molar-refractivity contribution in [2.75, 3.05) is 0 Å². The Labute approximate surface area is 127 Å². The zero-order valence-corrected chi connectivity index (χ0v) is 13.9. The molecule has 1 unspecified atom stereocenters. The van der Waals surface area contributed by atoms with Crippen molar-refractivity contribution in [3.05, 3.63) is 35.7 Å². The summed E-state index contributed by atoms with van der Waals surface area (Å²) in [5.41, 5.74) is 3.43. The van der Waals surface area contributed by atoms with E-state index >= 15 is 0 Å². The summed E-state index contributed by atoms with van der Waals surface area (Å²) in [7, 11) is 2.14. The molecule has 2 aromatic rings. The fourth-order valence-electron chi connectivity index (χ4n) is 3.67. The fraction of sp³-hybridized carbons (Fsp3) is 0.500. The minimum absolute atomic E-state index is 0.325. The smallest absolute Gasteiger partial charge is 0.296 e. The van der Waals surface area contributed by atoms with Crippen LogP contribution in [0.25, 0.3) is 11.4 Å². The van der Waals surface area contributed by atoms with Gasteiger partial charge in [0.2, 0.25) is 0 Å². The van der Waals surface area contributed by atoms with Crippen LogP contribution >= 0.6 is 0 Å². The first-order valence-corrected chi connectivity index (χ1v) is 7.72. The predicted octanol–water partition coefficient (Wildman–Crippen LogP) is 3.71. The summed E-state index contributed by atoms with van der Waals surface area (Å²) in [5.74, 6) is 2.80. The Morgan fingerprint density at radius 2 is 1.90 bits per heavy atom. The summed E-state index contributed by atoms with van der Waals surface area (Å²) in [6.07, 6.45) is 0.989. The molecule has 0 fully saturated rings. The fourth-order valence-corrected chi connectivity index (χ4v) is 3.67. The number of hydrogen-bond acceptors (Lipinski definition) is 1. The molecular weight excluding hydrogens is 260 g/mol. The topological polar surface area (TPSA) is 18.0 Å².